The molecule has 1 saturated heterocycles. The predicted octanol–water partition coefficient (Wildman–Crippen LogP) is 3.19. The van der Waals surface area contributed by atoms with Crippen molar-refractivity contribution in [3.8, 4) is 0 Å². The molecule has 2 amide bonds. The van der Waals surface area contributed by atoms with Crippen LogP contribution in [0.4, 0.5) is 11.4 Å². The Morgan fingerprint density at radius 1 is 1.07 bits per heavy atom. The van der Waals surface area contributed by atoms with E-state index in [1.54, 1.807) is 4.90 Å². The molecule has 27 heavy (non-hydrogen) atoms. The number of nitrogens with zero attached hydrogens (tertiary/aromatic N) is 2. The minimum Gasteiger partial charge on any atom is -0.323 e. The molecule has 0 unspecified atom stereocenters. The van der Waals surface area contributed by atoms with Gasteiger partial charge in [0, 0.05) is 12.5 Å². The number of para-hydroxylation sites is 2. The average Bonchev–Trinajstić information content (AvgIpc) is 2.69. The first-order chi connectivity index (χ1) is 13.1. The van der Waals surface area contributed by atoms with Gasteiger partial charge in [-0.3, -0.25) is 14.5 Å². The van der Waals surface area contributed by atoms with E-state index >= 15 is 0 Å². The maximum atomic E-state index is 13.1. The van der Waals surface area contributed by atoms with Gasteiger partial charge in [0.25, 0.3) is 0 Å². The summed E-state index contributed by atoms with van der Waals surface area (Å²) in [6.07, 6.45) is 1.68. The van der Waals surface area contributed by atoms with Crippen molar-refractivity contribution in [1.82, 2.24) is 4.90 Å². The second-order valence-corrected chi connectivity index (χ2v) is 7.53. The molecule has 2 aromatic carbocycles. The Balaban J connectivity index is 1.39. The Hall–Kier alpha value is -2.66. The highest BCUT2D eigenvalue weighted by Crippen LogP contribution is 2.32. The van der Waals surface area contributed by atoms with Gasteiger partial charge in [-0.2, -0.15) is 0 Å². The smallest absolute Gasteiger partial charge is 0.244 e. The second kappa shape index (κ2) is 7.53. The van der Waals surface area contributed by atoms with Crippen LogP contribution >= 0.6 is 0 Å². The normalized spacial score (nSPS) is 18.1. The highest BCUT2D eigenvalue weighted by atomic mass is 16.2. The van der Waals surface area contributed by atoms with Gasteiger partial charge in [-0.15, -0.1) is 0 Å². The zero-order chi connectivity index (χ0) is 18.8. The van der Waals surface area contributed by atoms with E-state index in [-0.39, 0.29) is 24.3 Å². The van der Waals surface area contributed by atoms with Gasteiger partial charge in [-0.1, -0.05) is 42.0 Å². The van der Waals surface area contributed by atoms with Crippen LogP contribution in [0.2, 0.25) is 0 Å². The van der Waals surface area contributed by atoms with Crippen molar-refractivity contribution in [2.75, 3.05) is 29.9 Å². The number of nitrogens with one attached hydrogen (secondary N) is 1. The van der Waals surface area contributed by atoms with Crippen molar-refractivity contribution in [2.45, 2.75) is 26.3 Å². The van der Waals surface area contributed by atoms with Crippen molar-refractivity contribution in [1.29, 1.82) is 0 Å². The fourth-order valence-corrected chi connectivity index (χ4v) is 3.94. The number of aryl methyl sites for hydroxylation is 1. The lowest BCUT2D eigenvalue weighted by atomic mass is 9.94. The van der Waals surface area contributed by atoms with Crippen molar-refractivity contribution >= 4 is 23.2 Å². The number of fused-ring (bicyclic) bond motifs is 1. The number of carbonyl (C=O) groups excluding carboxylic acids is 2. The largest absolute Gasteiger partial charge is 0.323 e. The summed E-state index contributed by atoms with van der Waals surface area (Å²) < 4.78 is 0. The van der Waals surface area contributed by atoms with Gasteiger partial charge >= 0.3 is 0 Å². The number of rotatable bonds is 3. The summed E-state index contributed by atoms with van der Waals surface area (Å²) in [5.74, 6) is -0.0654. The molecule has 1 N–H and O–H groups in total. The molecule has 0 aliphatic carbocycles. The monoisotopic (exact) mass is 363 g/mol. The highest BCUT2D eigenvalue weighted by Gasteiger charge is 2.33. The first-order valence-electron chi connectivity index (χ1n) is 9.58. The number of piperidine rings is 1. The quantitative estimate of drug-likeness (QED) is 0.911. The van der Waals surface area contributed by atoms with E-state index in [0.29, 0.717) is 0 Å². The van der Waals surface area contributed by atoms with Gasteiger partial charge in [0.1, 0.15) is 6.54 Å². The molecular weight excluding hydrogens is 338 g/mol. The zero-order valence-corrected chi connectivity index (χ0v) is 15.6. The lowest BCUT2D eigenvalue weighted by molar-refractivity contribution is -0.125. The number of likely N-dealkylation sites (tertiary alicyclic amines) is 1. The molecule has 0 saturated carbocycles. The van der Waals surface area contributed by atoms with E-state index < -0.39 is 0 Å². The molecule has 0 spiro atoms. The maximum Gasteiger partial charge on any atom is 0.244 e. The number of benzene rings is 2. The molecule has 140 valence electrons. The summed E-state index contributed by atoms with van der Waals surface area (Å²) in [5, 5.41) is 2.84. The van der Waals surface area contributed by atoms with Gasteiger partial charge < -0.3 is 10.2 Å². The third-order valence-corrected chi connectivity index (χ3v) is 5.50. The van der Waals surface area contributed by atoms with E-state index in [2.05, 4.69) is 41.4 Å². The molecule has 0 bridgehead atoms. The summed E-state index contributed by atoms with van der Waals surface area (Å²) >= 11 is 0. The average molecular weight is 363 g/mol. The van der Waals surface area contributed by atoms with Crippen LogP contribution in [0.15, 0.2) is 48.5 Å². The standard InChI is InChI=1S/C22H25N3O2/c1-16-6-8-17(9-7-16)14-24-12-10-18(11-13-24)22(27)25-15-21(26)23-19-4-2-3-5-20(19)25/h2-9,18H,10-15H2,1H3,(H,23,26). The highest BCUT2D eigenvalue weighted by molar-refractivity contribution is 6.10. The summed E-state index contributed by atoms with van der Waals surface area (Å²) in [6.45, 7) is 4.95. The third kappa shape index (κ3) is 3.88. The number of hydrogen-bond donors (Lipinski definition) is 1. The molecule has 2 heterocycles. The molecule has 5 heteroatoms. The Morgan fingerprint density at radius 2 is 1.78 bits per heavy atom. The fraction of sp³-hybridized carbons (Fsp3) is 0.364. The summed E-state index contributed by atoms with van der Waals surface area (Å²) in [4.78, 5) is 29.1. The van der Waals surface area contributed by atoms with Crippen LogP contribution in [0, 0.1) is 12.8 Å². The molecule has 0 radical (unpaired) electrons. The van der Waals surface area contributed by atoms with E-state index in [1.165, 1.54) is 11.1 Å². The van der Waals surface area contributed by atoms with Crippen LogP contribution in [0.1, 0.15) is 24.0 Å². The van der Waals surface area contributed by atoms with Crippen molar-refractivity contribution < 1.29 is 9.59 Å². The fourth-order valence-electron chi connectivity index (χ4n) is 3.94. The van der Waals surface area contributed by atoms with Gasteiger partial charge in [0.15, 0.2) is 0 Å². The minimum atomic E-state index is -0.126. The first kappa shape index (κ1) is 17.7. The van der Waals surface area contributed by atoms with E-state index in [0.717, 1.165) is 43.9 Å². The van der Waals surface area contributed by atoms with Gasteiger partial charge in [-0.05, 0) is 50.6 Å². The summed E-state index contributed by atoms with van der Waals surface area (Å²) in [7, 11) is 0. The van der Waals surface area contributed by atoms with Gasteiger partial charge in [0.05, 0.1) is 11.4 Å². The Kier molecular flexibility index (Phi) is 4.94. The Bertz CT molecular complexity index is 839. The molecular formula is C22H25N3O2. The number of amides is 2. The molecule has 5 nitrogen and oxygen atoms in total. The van der Waals surface area contributed by atoms with Crippen LogP contribution in [0.3, 0.4) is 0 Å². The molecule has 0 atom stereocenters. The SMILES string of the molecule is Cc1ccc(CN2CCC(C(=O)N3CC(=O)Nc4ccccc43)CC2)cc1. The maximum absolute atomic E-state index is 13.1. The van der Waals surface area contributed by atoms with Crippen LogP contribution in [0.5, 0.6) is 0 Å². The van der Waals surface area contributed by atoms with Crippen molar-refractivity contribution in [3.05, 3.63) is 59.7 Å². The topological polar surface area (TPSA) is 52.7 Å². The molecule has 2 aromatic rings. The number of anilines is 2. The minimum absolute atomic E-state index is 0.0155. The molecule has 1 fully saturated rings. The van der Waals surface area contributed by atoms with E-state index in [1.807, 2.05) is 24.3 Å². The Morgan fingerprint density at radius 3 is 2.52 bits per heavy atom. The first-order valence-corrected chi connectivity index (χ1v) is 9.58. The summed E-state index contributed by atoms with van der Waals surface area (Å²) in [5.41, 5.74) is 4.11. The second-order valence-electron chi connectivity index (χ2n) is 7.53. The summed E-state index contributed by atoms with van der Waals surface area (Å²) in [6, 6.07) is 16.2. The predicted molar refractivity (Wildman–Crippen MR) is 107 cm³/mol. The van der Waals surface area contributed by atoms with Crippen LogP contribution in [-0.4, -0.2) is 36.3 Å². The van der Waals surface area contributed by atoms with Gasteiger partial charge in [0.2, 0.25) is 11.8 Å². The van der Waals surface area contributed by atoms with Crippen molar-refractivity contribution in [3.63, 3.8) is 0 Å². The van der Waals surface area contributed by atoms with Crippen LogP contribution in [0.25, 0.3) is 0 Å². The zero-order valence-electron chi connectivity index (χ0n) is 15.6. The van der Waals surface area contributed by atoms with Crippen molar-refractivity contribution in [2.24, 2.45) is 5.92 Å². The lowest BCUT2D eigenvalue weighted by Crippen LogP contribution is -2.47. The molecule has 2 aliphatic rings. The van der Waals surface area contributed by atoms with E-state index in [4.69, 9.17) is 0 Å². The number of hydrogen-bond acceptors (Lipinski definition) is 3. The molecule has 0 aromatic heterocycles. The number of carbonyl (C=O) groups is 2. The van der Waals surface area contributed by atoms with Gasteiger partial charge in [-0.25, -0.2) is 0 Å². The van der Waals surface area contributed by atoms with E-state index in [9.17, 15) is 9.59 Å². The Labute approximate surface area is 160 Å². The lowest BCUT2D eigenvalue weighted by Gasteiger charge is -2.36. The third-order valence-electron chi connectivity index (χ3n) is 5.50. The molecule has 2 aliphatic heterocycles. The van der Waals surface area contributed by atoms with Crippen LogP contribution < -0.4 is 10.2 Å². The van der Waals surface area contributed by atoms with Crippen LogP contribution in [-0.2, 0) is 16.1 Å². The molecule has 4 rings (SSSR count).